The number of nitrogens with zero attached hydrogens (tertiary/aromatic N) is 4. The van der Waals surface area contributed by atoms with E-state index in [1.54, 1.807) is 13.0 Å². The second kappa shape index (κ2) is 6.91. The van der Waals surface area contributed by atoms with E-state index in [0.29, 0.717) is 11.3 Å². The lowest BCUT2D eigenvalue weighted by molar-refractivity contribution is -0.144. The van der Waals surface area contributed by atoms with E-state index in [-0.39, 0.29) is 29.1 Å². The summed E-state index contributed by atoms with van der Waals surface area (Å²) in [6, 6.07) is 5.88. The van der Waals surface area contributed by atoms with Gasteiger partial charge in [-0.1, -0.05) is 12.1 Å². The third-order valence-corrected chi connectivity index (χ3v) is 4.07. The Kier molecular flexibility index (Phi) is 4.75. The molecule has 0 radical (unpaired) electrons. The average Bonchev–Trinajstić information content (AvgIpc) is 3.03. The van der Waals surface area contributed by atoms with Crippen LogP contribution in [0.5, 0.6) is 0 Å². The summed E-state index contributed by atoms with van der Waals surface area (Å²) in [5.74, 6) is -3.28. The number of aromatic carboxylic acids is 1. The SMILES string of the molecule is Cc1nc2nc(C(F)(F)F)nn2c(C)c1CC(=O)Nc1ccccc1C(=O)O. The number of carbonyl (C=O) groups is 2. The van der Waals surface area contributed by atoms with Crippen molar-refractivity contribution in [3.8, 4) is 0 Å². The summed E-state index contributed by atoms with van der Waals surface area (Å²) in [5.41, 5.74) is 1.02. The maximum absolute atomic E-state index is 12.8. The van der Waals surface area contributed by atoms with Gasteiger partial charge in [-0.3, -0.25) is 4.79 Å². The number of hydrogen-bond acceptors (Lipinski definition) is 5. The predicted octanol–water partition coefficient (Wildman–Crippen LogP) is 2.64. The fourth-order valence-electron chi connectivity index (χ4n) is 2.72. The molecule has 0 atom stereocenters. The van der Waals surface area contributed by atoms with Gasteiger partial charge >= 0.3 is 12.1 Å². The van der Waals surface area contributed by atoms with Gasteiger partial charge in [0.15, 0.2) is 0 Å². The monoisotopic (exact) mass is 393 g/mol. The molecule has 0 aliphatic heterocycles. The van der Waals surface area contributed by atoms with Gasteiger partial charge in [0.2, 0.25) is 5.91 Å². The van der Waals surface area contributed by atoms with Crippen LogP contribution in [0.2, 0.25) is 0 Å². The number of aromatic nitrogens is 4. The van der Waals surface area contributed by atoms with Gasteiger partial charge in [-0.05, 0) is 26.0 Å². The number of alkyl halides is 3. The number of amides is 1. The Hall–Kier alpha value is -3.50. The number of carboxylic acids is 1. The topological polar surface area (TPSA) is 109 Å². The molecule has 3 rings (SSSR count). The first-order valence-corrected chi connectivity index (χ1v) is 8.00. The van der Waals surface area contributed by atoms with E-state index in [1.807, 2.05) is 0 Å². The molecule has 0 fully saturated rings. The minimum absolute atomic E-state index is 0.0797. The van der Waals surface area contributed by atoms with Crippen LogP contribution in [0.4, 0.5) is 18.9 Å². The van der Waals surface area contributed by atoms with Crippen molar-refractivity contribution in [2.24, 2.45) is 0 Å². The molecule has 0 saturated heterocycles. The first-order valence-electron chi connectivity index (χ1n) is 8.00. The number of fused-ring (bicyclic) bond motifs is 1. The van der Waals surface area contributed by atoms with E-state index < -0.39 is 23.9 Å². The minimum Gasteiger partial charge on any atom is -0.478 e. The van der Waals surface area contributed by atoms with E-state index in [9.17, 15) is 27.9 Å². The third kappa shape index (κ3) is 3.63. The Morgan fingerprint density at radius 2 is 1.86 bits per heavy atom. The second-order valence-corrected chi connectivity index (χ2v) is 5.98. The Morgan fingerprint density at radius 3 is 2.50 bits per heavy atom. The molecule has 3 aromatic rings. The van der Waals surface area contributed by atoms with E-state index in [1.165, 1.54) is 25.1 Å². The van der Waals surface area contributed by atoms with Crippen molar-refractivity contribution < 1.29 is 27.9 Å². The van der Waals surface area contributed by atoms with Crippen LogP contribution in [0, 0.1) is 13.8 Å². The van der Waals surface area contributed by atoms with Crippen molar-refractivity contribution in [1.29, 1.82) is 0 Å². The Labute approximate surface area is 156 Å². The van der Waals surface area contributed by atoms with Crippen molar-refractivity contribution >= 4 is 23.3 Å². The van der Waals surface area contributed by atoms with Crippen molar-refractivity contribution in [3.05, 3.63) is 52.6 Å². The van der Waals surface area contributed by atoms with Crippen LogP contribution in [0.3, 0.4) is 0 Å². The zero-order valence-corrected chi connectivity index (χ0v) is 14.7. The standard InChI is InChI=1S/C17H14F3N5O3/c1-8-11(7-13(26)22-12-6-4-3-5-10(12)14(27)28)9(2)25-16(21-8)23-15(24-25)17(18,19)20/h3-6H,7H2,1-2H3,(H,22,26)(H,27,28). The number of rotatable bonds is 4. The molecule has 0 aliphatic carbocycles. The van der Waals surface area contributed by atoms with Crippen LogP contribution in [-0.4, -0.2) is 36.6 Å². The highest BCUT2D eigenvalue weighted by atomic mass is 19.4. The van der Waals surface area contributed by atoms with E-state index >= 15 is 0 Å². The Balaban J connectivity index is 1.92. The molecule has 2 aromatic heterocycles. The molecule has 0 unspecified atom stereocenters. The average molecular weight is 393 g/mol. The number of halogens is 3. The second-order valence-electron chi connectivity index (χ2n) is 5.98. The summed E-state index contributed by atoms with van der Waals surface area (Å²) in [6.07, 6.45) is -4.94. The highest BCUT2D eigenvalue weighted by Crippen LogP contribution is 2.27. The highest BCUT2D eigenvalue weighted by molar-refractivity contribution is 6.01. The van der Waals surface area contributed by atoms with Gasteiger partial charge in [-0.15, -0.1) is 5.10 Å². The summed E-state index contributed by atoms with van der Waals surface area (Å²) in [6.45, 7) is 3.05. The van der Waals surface area contributed by atoms with Gasteiger partial charge in [0.05, 0.1) is 17.7 Å². The number of aryl methyl sites for hydroxylation is 2. The van der Waals surface area contributed by atoms with Crippen molar-refractivity contribution in [2.45, 2.75) is 26.4 Å². The van der Waals surface area contributed by atoms with Gasteiger partial charge < -0.3 is 10.4 Å². The molecule has 0 saturated carbocycles. The quantitative estimate of drug-likeness (QED) is 0.705. The number of carboxylic acid groups (broad SMARTS) is 1. The highest BCUT2D eigenvalue weighted by Gasteiger charge is 2.37. The van der Waals surface area contributed by atoms with E-state index in [4.69, 9.17) is 0 Å². The molecular formula is C17H14F3N5O3. The maximum Gasteiger partial charge on any atom is 0.453 e. The van der Waals surface area contributed by atoms with Gasteiger partial charge in [0.25, 0.3) is 11.6 Å². The number of para-hydroxylation sites is 1. The fraction of sp³-hybridized carbons (Fsp3) is 0.235. The Morgan fingerprint density at radius 1 is 1.18 bits per heavy atom. The van der Waals surface area contributed by atoms with Gasteiger partial charge in [-0.2, -0.15) is 18.2 Å². The lowest BCUT2D eigenvalue weighted by Crippen LogP contribution is -2.19. The zero-order valence-electron chi connectivity index (χ0n) is 14.7. The first-order chi connectivity index (χ1) is 13.1. The van der Waals surface area contributed by atoms with E-state index in [0.717, 1.165) is 4.52 Å². The van der Waals surface area contributed by atoms with Crippen LogP contribution >= 0.6 is 0 Å². The molecule has 8 nitrogen and oxygen atoms in total. The summed E-state index contributed by atoms with van der Waals surface area (Å²) >= 11 is 0. The lowest BCUT2D eigenvalue weighted by Gasteiger charge is -2.12. The molecule has 0 aliphatic rings. The zero-order chi connectivity index (χ0) is 20.6. The molecule has 28 heavy (non-hydrogen) atoms. The summed E-state index contributed by atoms with van der Waals surface area (Å²) in [5, 5.41) is 15.1. The van der Waals surface area contributed by atoms with Crippen LogP contribution in [0.15, 0.2) is 24.3 Å². The number of hydrogen-bond donors (Lipinski definition) is 2. The van der Waals surface area contributed by atoms with Crippen molar-refractivity contribution in [1.82, 2.24) is 19.6 Å². The summed E-state index contributed by atoms with van der Waals surface area (Å²) in [7, 11) is 0. The number of carbonyl (C=O) groups excluding carboxylic acids is 1. The fourth-order valence-corrected chi connectivity index (χ4v) is 2.72. The van der Waals surface area contributed by atoms with Crippen LogP contribution in [-0.2, 0) is 17.4 Å². The number of anilines is 1. The predicted molar refractivity (Wildman–Crippen MR) is 91.0 cm³/mol. The maximum atomic E-state index is 12.8. The minimum atomic E-state index is -4.72. The normalized spacial score (nSPS) is 11.6. The summed E-state index contributed by atoms with van der Waals surface area (Å²) in [4.78, 5) is 31.0. The molecule has 1 amide bonds. The largest absolute Gasteiger partial charge is 0.478 e. The number of benzene rings is 1. The molecule has 1 aromatic carbocycles. The van der Waals surface area contributed by atoms with Crippen LogP contribution in [0.1, 0.15) is 33.1 Å². The molecule has 0 bridgehead atoms. The molecular weight excluding hydrogens is 379 g/mol. The molecule has 146 valence electrons. The van der Waals surface area contributed by atoms with Crippen LogP contribution < -0.4 is 5.32 Å². The summed E-state index contributed by atoms with van der Waals surface area (Å²) < 4.78 is 39.4. The lowest BCUT2D eigenvalue weighted by atomic mass is 10.1. The molecule has 11 heteroatoms. The van der Waals surface area contributed by atoms with Crippen molar-refractivity contribution in [2.75, 3.05) is 5.32 Å². The molecule has 2 N–H and O–H groups in total. The number of nitrogens with one attached hydrogen (secondary N) is 1. The van der Waals surface area contributed by atoms with Gasteiger partial charge in [0.1, 0.15) is 0 Å². The Bertz CT molecular complexity index is 1090. The van der Waals surface area contributed by atoms with Crippen LogP contribution in [0.25, 0.3) is 5.78 Å². The smallest absolute Gasteiger partial charge is 0.453 e. The van der Waals surface area contributed by atoms with Crippen molar-refractivity contribution in [3.63, 3.8) is 0 Å². The first kappa shape index (κ1) is 19.3. The molecule has 2 heterocycles. The third-order valence-electron chi connectivity index (χ3n) is 4.07. The molecule has 0 spiro atoms. The van der Waals surface area contributed by atoms with Gasteiger partial charge in [0, 0.05) is 17.0 Å². The van der Waals surface area contributed by atoms with E-state index in [2.05, 4.69) is 20.4 Å². The van der Waals surface area contributed by atoms with Gasteiger partial charge in [-0.25, -0.2) is 14.3 Å².